The number of nitrogens with one attached hydrogen (secondary N) is 2. The topological polar surface area (TPSA) is 179 Å². The lowest BCUT2D eigenvalue weighted by Crippen LogP contribution is -2.45. The molecule has 0 fully saturated rings. The second kappa shape index (κ2) is 16.9. The van der Waals surface area contributed by atoms with Gasteiger partial charge in [0, 0.05) is 38.0 Å². The molecule has 0 aliphatic rings. The van der Waals surface area contributed by atoms with Gasteiger partial charge in [0.2, 0.25) is 17.7 Å². The lowest BCUT2D eigenvalue weighted by atomic mass is 10.1. The number of carbonyl (C=O) groups excluding carboxylic acids is 3. The van der Waals surface area contributed by atoms with E-state index in [-0.39, 0.29) is 31.0 Å². The molecule has 3 aromatic rings. The number of ether oxygens (including phenoxy) is 1. The van der Waals surface area contributed by atoms with Gasteiger partial charge in [0.1, 0.15) is 5.75 Å². The van der Waals surface area contributed by atoms with Crippen molar-refractivity contribution in [2.45, 2.75) is 32.2 Å². The molecular formula is C28H36F3N7O4. The predicted octanol–water partition coefficient (Wildman–Crippen LogP) is 2.04. The first-order chi connectivity index (χ1) is 19.9. The van der Waals surface area contributed by atoms with Crippen molar-refractivity contribution in [3.63, 3.8) is 0 Å². The number of aromatic nitrogens is 1. The summed E-state index contributed by atoms with van der Waals surface area (Å²) in [5.41, 5.74) is 19.1. The molecule has 0 spiro atoms. The number of nitrogens with zero attached hydrogens (tertiary/aromatic N) is 2. The first-order valence-electron chi connectivity index (χ1n) is 13.1. The highest BCUT2D eigenvalue weighted by molar-refractivity contribution is 5.96. The Morgan fingerprint density at radius 1 is 1.02 bits per heavy atom. The Hall–Kier alpha value is -4.27. The van der Waals surface area contributed by atoms with E-state index >= 15 is 0 Å². The van der Waals surface area contributed by atoms with Crippen molar-refractivity contribution in [1.82, 2.24) is 15.2 Å². The highest BCUT2D eigenvalue weighted by Crippen LogP contribution is 2.22. The molecule has 1 heterocycles. The van der Waals surface area contributed by atoms with Crippen LogP contribution in [-0.4, -0.2) is 72.7 Å². The predicted molar refractivity (Wildman–Crippen MR) is 153 cm³/mol. The quantitative estimate of drug-likeness (QED) is 0.212. The third-order valence-electron chi connectivity index (χ3n) is 5.71. The zero-order valence-corrected chi connectivity index (χ0v) is 23.2. The van der Waals surface area contributed by atoms with Gasteiger partial charge in [0.15, 0.2) is 0 Å². The fourth-order valence-electron chi connectivity index (χ4n) is 3.62. The highest BCUT2D eigenvalue weighted by Gasteiger charge is 2.30. The number of aryl methyl sites for hydroxylation is 1. The van der Waals surface area contributed by atoms with Crippen LogP contribution in [0.2, 0.25) is 0 Å². The van der Waals surface area contributed by atoms with Crippen molar-refractivity contribution in [3.05, 3.63) is 66.4 Å². The molecule has 0 radical (unpaired) electrons. The summed E-state index contributed by atoms with van der Waals surface area (Å²) in [4.78, 5) is 42.2. The summed E-state index contributed by atoms with van der Waals surface area (Å²) in [5, 5.41) is 6.05. The van der Waals surface area contributed by atoms with Crippen LogP contribution < -0.4 is 32.6 Å². The first kappa shape index (κ1) is 33.9. The SMILES string of the molecule is Cc1ccc(OC(F)(F)F)cc1.NCCN(CCN)C(=O)CCC(N)C(=O)NCC(=O)Nc1cnc2ccccc2c1. The molecule has 3 amide bonds. The molecule has 14 heteroatoms. The summed E-state index contributed by atoms with van der Waals surface area (Å²) in [6, 6.07) is 14.1. The van der Waals surface area contributed by atoms with Crippen LogP contribution in [0.3, 0.4) is 0 Å². The molecule has 8 N–H and O–H groups in total. The van der Waals surface area contributed by atoms with Gasteiger partial charge in [-0.15, -0.1) is 13.2 Å². The summed E-state index contributed by atoms with van der Waals surface area (Å²) in [7, 11) is 0. The lowest BCUT2D eigenvalue weighted by molar-refractivity contribution is -0.274. The number of carbonyl (C=O) groups is 3. The molecule has 1 aromatic heterocycles. The van der Waals surface area contributed by atoms with Crippen molar-refractivity contribution < 1.29 is 32.3 Å². The number of pyridine rings is 1. The lowest BCUT2D eigenvalue weighted by Gasteiger charge is -2.22. The number of rotatable bonds is 12. The van der Waals surface area contributed by atoms with Crippen molar-refractivity contribution in [2.24, 2.45) is 17.2 Å². The molecule has 0 aliphatic carbocycles. The molecule has 2 aromatic carbocycles. The number of hydrogen-bond donors (Lipinski definition) is 5. The normalized spacial score (nSPS) is 11.6. The van der Waals surface area contributed by atoms with Gasteiger partial charge in [-0.1, -0.05) is 35.9 Å². The molecule has 228 valence electrons. The van der Waals surface area contributed by atoms with Crippen LogP contribution in [0.15, 0.2) is 60.8 Å². The van der Waals surface area contributed by atoms with Crippen molar-refractivity contribution in [1.29, 1.82) is 0 Å². The van der Waals surface area contributed by atoms with E-state index in [9.17, 15) is 27.6 Å². The number of fused-ring (bicyclic) bond motifs is 1. The second-order valence-electron chi connectivity index (χ2n) is 9.15. The van der Waals surface area contributed by atoms with Crippen LogP contribution in [0.1, 0.15) is 18.4 Å². The Morgan fingerprint density at radius 2 is 1.67 bits per heavy atom. The zero-order valence-electron chi connectivity index (χ0n) is 23.2. The van der Waals surface area contributed by atoms with Crippen LogP contribution >= 0.6 is 0 Å². The molecule has 0 bridgehead atoms. The molecule has 11 nitrogen and oxygen atoms in total. The largest absolute Gasteiger partial charge is 0.573 e. The van der Waals surface area contributed by atoms with Gasteiger partial charge < -0.3 is 37.5 Å². The molecule has 0 saturated heterocycles. The summed E-state index contributed by atoms with van der Waals surface area (Å²) in [6.45, 7) is 3.03. The molecule has 1 atom stereocenters. The van der Waals surface area contributed by atoms with E-state index in [1.54, 1.807) is 36.2 Å². The van der Waals surface area contributed by atoms with Crippen LogP contribution in [0.4, 0.5) is 18.9 Å². The highest BCUT2D eigenvalue weighted by atomic mass is 19.4. The maximum Gasteiger partial charge on any atom is 0.573 e. The summed E-state index contributed by atoms with van der Waals surface area (Å²) in [5.74, 6) is -1.25. The summed E-state index contributed by atoms with van der Waals surface area (Å²) < 4.78 is 38.5. The molecule has 3 rings (SSSR count). The van der Waals surface area contributed by atoms with Gasteiger partial charge in [-0.05, 0) is 37.6 Å². The van der Waals surface area contributed by atoms with Gasteiger partial charge in [0.05, 0.1) is 30.0 Å². The van der Waals surface area contributed by atoms with E-state index in [0.717, 1.165) is 16.5 Å². The standard InChI is InChI=1S/C20H29N7O3.C8H7F3O/c21-7-9-27(10-8-22)19(29)6-5-16(23)20(30)25-13-18(28)26-15-11-14-3-1-2-4-17(14)24-12-15;1-6-2-4-7(5-3-6)12-8(9,10)11/h1-4,11-12,16H,5-10,13,21-23H2,(H,25,30)(H,26,28);2-5H,1H3. The van der Waals surface area contributed by atoms with Crippen LogP contribution in [0.5, 0.6) is 5.75 Å². The minimum absolute atomic E-state index is 0.101. The average Bonchev–Trinajstić information content (AvgIpc) is 2.95. The Labute approximate surface area is 241 Å². The zero-order chi connectivity index (χ0) is 31.1. The summed E-state index contributed by atoms with van der Waals surface area (Å²) in [6.07, 6.45) is -2.79. The Morgan fingerprint density at radius 3 is 2.29 bits per heavy atom. The molecule has 42 heavy (non-hydrogen) atoms. The van der Waals surface area contributed by atoms with Gasteiger partial charge in [-0.25, -0.2) is 0 Å². The number of alkyl halides is 3. The monoisotopic (exact) mass is 591 g/mol. The minimum Gasteiger partial charge on any atom is -0.406 e. The third-order valence-corrected chi connectivity index (χ3v) is 5.71. The number of amides is 3. The Kier molecular flexibility index (Phi) is 13.6. The number of hydrogen-bond acceptors (Lipinski definition) is 8. The second-order valence-corrected chi connectivity index (χ2v) is 9.15. The maximum absolute atomic E-state index is 12.2. The van der Waals surface area contributed by atoms with Crippen LogP contribution in [0.25, 0.3) is 10.9 Å². The van der Waals surface area contributed by atoms with Crippen molar-refractivity contribution in [3.8, 4) is 5.75 Å². The first-order valence-corrected chi connectivity index (χ1v) is 13.1. The van der Waals surface area contributed by atoms with Crippen molar-refractivity contribution >= 4 is 34.3 Å². The van der Waals surface area contributed by atoms with E-state index in [1.165, 1.54) is 12.1 Å². The van der Waals surface area contributed by atoms with Gasteiger partial charge in [-0.3, -0.25) is 19.4 Å². The number of para-hydroxylation sites is 1. The molecule has 1 unspecified atom stereocenters. The van der Waals surface area contributed by atoms with E-state index in [4.69, 9.17) is 17.2 Å². The molecule has 0 saturated carbocycles. The molecular weight excluding hydrogens is 555 g/mol. The minimum atomic E-state index is -4.60. The number of nitrogens with two attached hydrogens (primary N) is 3. The van der Waals surface area contributed by atoms with E-state index in [2.05, 4.69) is 20.4 Å². The Balaban J connectivity index is 0.000000428. The van der Waals surface area contributed by atoms with Gasteiger partial charge in [-0.2, -0.15) is 0 Å². The van der Waals surface area contributed by atoms with Crippen LogP contribution in [-0.2, 0) is 14.4 Å². The van der Waals surface area contributed by atoms with E-state index in [1.807, 2.05) is 24.3 Å². The number of halogens is 3. The average molecular weight is 592 g/mol. The fraction of sp³-hybridized carbons (Fsp3) is 0.357. The Bertz CT molecular complexity index is 1300. The third kappa shape index (κ3) is 12.5. The van der Waals surface area contributed by atoms with Crippen molar-refractivity contribution in [2.75, 3.05) is 38.0 Å². The van der Waals surface area contributed by atoms with Crippen LogP contribution in [0, 0.1) is 6.92 Å². The van der Waals surface area contributed by atoms with E-state index in [0.29, 0.717) is 31.9 Å². The smallest absolute Gasteiger partial charge is 0.406 e. The number of anilines is 1. The van der Waals surface area contributed by atoms with E-state index < -0.39 is 24.2 Å². The number of benzene rings is 2. The fourth-order valence-corrected chi connectivity index (χ4v) is 3.62. The summed E-state index contributed by atoms with van der Waals surface area (Å²) >= 11 is 0. The maximum atomic E-state index is 12.2. The van der Waals surface area contributed by atoms with Gasteiger partial charge >= 0.3 is 6.36 Å². The van der Waals surface area contributed by atoms with Gasteiger partial charge in [0.25, 0.3) is 0 Å². The molecule has 0 aliphatic heterocycles.